The Balaban J connectivity index is 1.93. The Kier molecular flexibility index (Phi) is 4.69. The van der Waals surface area contributed by atoms with Crippen LogP contribution in [0.5, 0.6) is 0 Å². The number of carbonyl (C=O) groups is 2. The zero-order valence-electron chi connectivity index (χ0n) is 14.3. The topological polar surface area (TPSA) is 86.4 Å². The number of nitrogens with zero attached hydrogens (tertiary/aromatic N) is 3. The van der Waals surface area contributed by atoms with Crippen LogP contribution in [0.25, 0.3) is 0 Å². The van der Waals surface area contributed by atoms with Crippen molar-refractivity contribution in [2.24, 2.45) is 0 Å². The number of hydrogen-bond acceptors (Lipinski definition) is 4. The highest BCUT2D eigenvalue weighted by Crippen LogP contribution is 2.29. The standard InChI is InChI=1S/C17H24N4O3/c1-3-15(23)21-8-5-4-6-14(21)16-18-13-7-9-20(11(2)22)10-12(13)17(24)19-16/h14H,3-10H2,1-2H3,(H,18,19,24). The molecule has 3 heterocycles. The number of H-pyrrole nitrogens is 1. The van der Waals surface area contributed by atoms with Crippen LogP contribution in [0, 0.1) is 0 Å². The second-order valence-electron chi connectivity index (χ2n) is 6.52. The fourth-order valence-electron chi connectivity index (χ4n) is 3.59. The van der Waals surface area contributed by atoms with Gasteiger partial charge in [-0.1, -0.05) is 6.92 Å². The number of hydrogen-bond donors (Lipinski definition) is 1. The van der Waals surface area contributed by atoms with Gasteiger partial charge in [-0.15, -0.1) is 0 Å². The summed E-state index contributed by atoms with van der Waals surface area (Å²) in [6.45, 7) is 4.98. The Morgan fingerprint density at radius 1 is 1.29 bits per heavy atom. The molecule has 130 valence electrons. The van der Waals surface area contributed by atoms with Crippen LogP contribution in [0.15, 0.2) is 4.79 Å². The lowest BCUT2D eigenvalue weighted by Crippen LogP contribution is -2.42. The maximum Gasteiger partial charge on any atom is 0.256 e. The van der Waals surface area contributed by atoms with E-state index in [1.165, 1.54) is 6.92 Å². The number of aromatic nitrogens is 2. The molecule has 7 nitrogen and oxygen atoms in total. The average molecular weight is 332 g/mol. The van der Waals surface area contributed by atoms with Gasteiger partial charge in [0.2, 0.25) is 11.8 Å². The van der Waals surface area contributed by atoms with Gasteiger partial charge in [0.1, 0.15) is 5.82 Å². The molecule has 1 aromatic rings. The largest absolute Gasteiger partial charge is 0.338 e. The predicted molar refractivity (Wildman–Crippen MR) is 88.2 cm³/mol. The lowest BCUT2D eigenvalue weighted by Gasteiger charge is -2.35. The van der Waals surface area contributed by atoms with E-state index in [4.69, 9.17) is 0 Å². The molecule has 1 unspecified atom stereocenters. The van der Waals surface area contributed by atoms with Gasteiger partial charge in [0.15, 0.2) is 0 Å². The smallest absolute Gasteiger partial charge is 0.256 e. The van der Waals surface area contributed by atoms with Crippen LogP contribution in [0.1, 0.15) is 62.7 Å². The van der Waals surface area contributed by atoms with Crippen LogP contribution in [-0.2, 0) is 22.6 Å². The van der Waals surface area contributed by atoms with E-state index in [1.54, 1.807) is 4.90 Å². The van der Waals surface area contributed by atoms with E-state index in [-0.39, 0.29) is 23.4 Å². The normalized spacial score (nSPS) is 20.7. The number of likely N-dealkylation sites (tertiary alicyclic amines) is 1. The lowest BCUT2D eigenvalue weighted by molar-refractivity contribution is -0.135. The third-order valence-electron chi connectivity index (χ3n) is 4.97. The molecule has 2 aliphatic heterocycles. The molecule has 2 aliphatic rings. The van der Waals surface area contributed by atoms with E-state index >= 15 is 0 Å². The molecule has 1 atom stereocenters. The number of fused-ring (bicyclic) bond motifs is 1. The van der Waals surface area contributed by atoms with Gasteiger partial charge in [0, 0.05) is 32.9 Å². The van der Waals surface area contributed by atoms with E-state index in [1.807, 2.05) is 11.8 Å². The van der Waals surface area contributed by atoms with E-state index in [2.05, 4.69) is 9.97 Å². The number of carbonyl (C=O) groups excluding carboxylic acids is 2. The molecule has 0 spiro atoms. The van der Waals surface area contributed by atoms with E-state index < -0.39 is 0 Å². The molecule has 1 aromatic heterocycles. The summed E-state index contributed by atoms with van der Waals surface area (Å²) < 4.78 is 0. The summed E-state index contributed by atoms with van der Waals surface area (Å²) in [6.07, 6.45) is 3.88. The van der Waals surface area contributed by atoms with Crippen LogP contribution in [-0.4, -0.2) is 44.7 Å². The van der Waals surface area contributed by atoms with E-state index in [0.717, 1.165) is 31.5 Å². The second kappa shape index (κ2) is 6.75. The zero-order valence-corrected chi connectivity index (χ0v) is 14.3. The molecule has 0 aromatic carbocycles. The molecule has 7 heteroatoms. The molecule has 0 saturated carbocycles. The summed E-state index contributed by atoms with van der Waals surface area (Å²) in [5.74, 6) is 0.662. The Morgan fingerprint density at radius 3 is 2.79 bits per heavy atom. The minimum Gasteiger partial charge on any atom is -0.338 e. The number of nitrogens with one attached hydrogen (secondary N) is 1. The first-order valence-electron chi connectivity index (χ1n) is 8.68. The number of aromatic amines is 1. The molecular weight excluding hydrogens is 308 g/mol. The fourth-order valence-corrected chi connectivity index (χ4v) is 3.59. The third-order valence-corrected chi connectivity index (χ3v) is 4.97. The highest BCUT2D eigenvalue weighted by atomic mass is 16.2. The number of piperidine rings is 1. The predicted octanol–water partition coefficient (Wildman–Crippen LogP) is 1.14. The molecule has 24 heavy (non-hydrogen) atoms. The minimum atomic E-state index is -0.185. The van der Waals surface area contributed by atoms with Crippen LogP contribution in [0.3, 0.4) is 0 Å². The van der Waals surface area contributed by atoms with Crippen molar-refractivity contribution in [3.63, 3.8) is 0 Å². The summed E-state index contributed by atoms with van der Waals surface area (Å²) in [6, 6.07) is -0.143. The van der Waals surface area contributed by atoms with Crippen LogP contribution < -0.4 is 5.56 Å². The summed E-state index contributed by atoms with van der Waals surface area (Å²) in [4.78, 5) is 47.3. The molecule has 0 bridgehead atoms. The second-order valence-corrected chi connectivity index (χ2v) is 6.52. The Morgan fingerprint density at radius 2 is 2.08 bits per heavy atom. The van der Waals surface area contributed by atoms with Gasteiger partial charge >= 0.3 is 0 Å². The van der Waals surface area contributed by atoms with E-state index in [9.17, 15) is 14.4 Å². The van der Waals surface area contributed by atoms with Crippen molar-refractivity contribution in [1.29, 1.82) is 0 Å². The van der Waals surface area contributed by atoms with Crippen molar-refractivity contribution in [2.45, 2.75) is 58.5 Å². The van der Waals surface area contributed by atoms with Crippen LogP contribution in [0.2, 0.25) is 0 Å². The molecule has 0 aliphatic carbocycles. The molecule has 1 N–H and O–H groups in total. The summed E-state index contributed by atoms with van der Waals surface area (Å²) >= 11 is 0. The van der Waals surface area contributed by atoms with Gasteiger partial charge in [-0.05, 0) is 19.3 Å². The number of amides is 2. The van der Waals surface area contributed by atoms with Crippen molar-refractivity contribution in [1.82, 2.24) is 19.8 Å². The monoisotopic (exact) mass is 332 g/mol. The lowest BCUT2D eigenvalue weighted by atomic mass is 10.00. The minimum absolute atomic E-state index is 0.0314. The van der Waals surface area contributed by atoms with E-state index in [0.29, 0.717) is 37.3 Å². The van der Waals surface area contributed by atoms with Gasteiger partial charge in [0.05, 0.1) is 23.8 Å². The number of rotatable bonds is 2. The Bertz CT molecular complexity index is 712. The van der Waals surface area contributed by atoms with Crippen molar-refractivity contribution >= 4 is 11.8 Å². The van der Waals surface area contributed by atoms with Crippen LogP contribution >= 0.6 is 0 Å². The highest BCUT2D eigenvalue weighted by Gasteiger charge is 2.30. The summed E-state index contributed by atoms with van der Waals surface area (Å²) in [7, 11) is 0. The van der Waals surface area contributed by atoms with Gasteiger partial charge in [-0.3, -0.25) is 14.4 Å². The molecule has 3 rings (SSSR count). The molecular formula is C17H24N4O3. The summed E-state index contributed by atoms with van der Waals surface area (Å²) in [5, 5.41) is 0. The van der Waals surface area contributed by atoms with Crippen molar-refractivity contribution in [3.8, 4) is 0 Å². The Labute approximate surface area is 141 Å². The first-order chi connectivity index (χ1) is 11.5. The quantitative estimate of drug-likeness (QED) is 0.880. The first kappa shape index (κ1) is 16.7. The molecule has 1 saturated heterocycles. The SMILES string of the molecule is CCC(=O)N1CCCCC1c1nc2c(c(=O)[nH]1)CN(C(C)=O)CC2. The summed E-state index contributed by atoms with van der Waals surface area (Å²) in [5.41, 5.74) is 1.15. The van der Waals surface area contributed by atoms with Gasteiger partial charge < -0.3 is 14.8 Å². The molecule has 0 radical (unpaired) electrons. The van der Waals surface area contributed by atoms with Crippen molar-refractivity contribution < 1.29 is 9.59 Å². The van der Waals surface area contributed by atoms with Crippen molar-refractivity contribution in [3.05, 3.63) is 27.4 Å². The van der Waals surface area contributed by atoms with Gasteiger partial charge in [-0.25, -0.2) is 4.98 Å². The maximum absolute atomic E-state index is 12.5. The maximum atomic E-state index is 12.5. The van der Waals surface area contributed by atoms with Gasteiger partial charge in [-0.2, -0.15) is 0 Å². The van der Waals surface area contributed by atoms with Crippen molar-refractivity contribution in [2.75, 3.05) is 13.1 Å². The average Bonchev–Trinajstić information content (AvgIpc) is 2.60. The molecule has 1 fully saturated rings. The Hall–Kier alpha value is -2.18. The van der Waals surface area contributed by atoms with Crippen LogP contribution in [0.4, 0.5) is 0 Å². The first-order valence-corrected chi connectivity index (χ1v) is 8.68. The van der Waals surface area contributed by atoms with Gasteiger partial charge in [0.25, 0.3) is 5.56 Å². The fraction of sp³-hybridized carbons (Fsp3) is 0.647. The third kappa shape index (κ3) is 3.07. The zero-order chi connectivity index (χ0) is 17.3. The molecule has 2 amide bonds. The highest BCUT2D eigenvalue weighted by molar-refractivity contribution is 5.76.